The second-order valence-electron chi connectivity index (χ2n) is 5.20. The molecule has 2 N–H and O–H groups in total. The molecule has 1 unspecified atom stereocenters. The molecule has 6 heteroatoms. The van der Waals surface area contributed by atoms with Crippen LogP contribution in [-0.4, -0.2) is 30.0 Å². The van der Waals surface area contributed by atoms with Crippen LogP contribution in [0.25, 0.3) is 0 Å². The summed E-state index contributed by atoms with van der Waals surface area (Å²) in [5.74, 6) is 0.782. The van der Waals surface area contributed by atoms with Crippen molar-refractivity contribution in [1.82, 2.24) is 5.32 Å². The minimum Gasteiger partial charge on any atom is -0.479 e. The highest BCUT2D eigenvalue weighted by atomic mass is 16.7. The number of fused-ring (bicyclic) bond motifs is 1. The Balaban J connectivity index is 2.25. The van der Waals surface area contributed by atoms with Gasteiger partial charge in [-0.1, -0.05) is 20.8 Å². The third kappa shape index (κ3) is 3.78. The van der Waals surface area contributed by atoms with Crippen LogP contribution in [0.3, 0.4) is 0 Å². The monoisotopic (exact) mass is 295 g/mol. The number of aliphatic carboxylic acids is 1. The molecule has 0 aliphatic carbocycles. The van der Waals surface area contributed by atoms with Crippen LogP contribution in [0.5, 0.6) is 17.2 Å². The Morgan fingerprint density at radius 3 is 2.62 bits per heavy atom. The molecule has 116 valence electrons. The van der Waals surface area contributed by atoms with Crippen molar-refractivity contribution in [2.45, 2.75) is 45.9 Å². The summed E-state index contributed by atoms with van der Waals surface area (Å²) in [5.41, 5.74) is 0.854. The summed E-state index contributed by atoms with van der Waals surface area (Å²) in [5, 5.41) is 12.4. The fourth-order valence-electron chi connectivity index (χ4n) is 1.99. The van der Waals surface area contributed by atoms with Gasteiger partial charge in [0.25, 0.3) is 0 Å². The number of carboxylic acids is 1. The number of hydrogen-bond acceptors (Lipinski definition) is 5. The summed E-state index contributed by atoms with van der Waals surface area (Å²) in [6.45, 7) is 6.60. The van der Waals surface area contributed by atoms with Crippen LogP contribution < -0.4 is 19.5 Å². The lowest BCUT2D eigenvalue weighted by atomic mass is 10.1. The lowest BCUT2D eigenvalue weighted by Crippen LogP contribution is -2.27. The maximum absolute atomic E-state index is 11.1. The highest BCUT2D eigenvalue weighted by Crippen LogP contribution is 2.38. The van der Waals surface area contributed by atoms with Crippen LogP contribution in [0.15, 0.2) is 12.1 Å². The molecule has 21 heavy (non-hydrogen) atoms. The third-order valence-electron chi connectivity index (χ3n) is 3.17. The van der Waals surface area contributed by atoms with Crippen molar-refractivity contribution in [2.75, 3.05) is 6.79 Å². The molecule has 1 heterocycles. The van der Waals surface area contributed by atoms with Gasteiger partial charge < -0.3 is 24.6 Å². The van der Waals surface area contributed by atoms with Crippen molar-refractivity contribution >= 4 is 5.97 Å². The Labute approximate surface area is 124 Å². The van der Waals surface area contributed by atoms with E-state index >= 15 is 0 Å². The quantitative estimate of drug-likeness (QED) is 0.802. The lowest BCUT2D eigenvalue weighted by Gasteiger charge is -2.18. The number of rotatable bonds is 7. The molecule has 0 fully saturated rings. The fourth-order valence-corrected chi connectivity index (χ4v) is 1.99. The molecular formula is C15H21NO5. The molecule has 0 aromatic heterocycles. The molecule has 1 aliphatic rings. The normalized spacial score (nSPS) is 14.3. The SMILES string of the molecule is CCC(Oc1cc2c(cc1CNC(C)C)OCO2)C(=O)O. The third-order valence-corrected chi connectivity index (χ3v) is 3.17. The van der Waals surface area contributed by atoms with Gasteiger partial charge in [-0.15, -0.1) is 0 Å². The van der Waals surface area contributed by atoms with Crippen molar-refractivity contribution in [3.63, 3.8) is 0 Å². The highest BCUT2D eigenvalue weighted by Gasteiger charge is 2.22. The summed E-state index contributed by atoms with van der Waals surface area (Å²) >= 11 is 0. The van der Waals surface area contributed by atoms with E-state index in [2.05, 4.69) is 5.32 Å². The van der Waals surface area contributed by atoms with E-state index in [4.69, 9.17) is 19.3 Å². The number of ether oxygens (including phenoxy) is 3. The average molecular weight is 295 g/mol. The smallest absolute Gasteiger partial charge is 0.344 e. The number of carboxylic acid groups (broad SMARTS) is 1. The second-order valence-corrected chi connectivity index (χ2v) is 5.20. The van der Waals surface area contributed by atoms with E-state index in [-0.39, 0.29) is 6.79 Å². The summed E-state index contributed by atoms with van der Waals surface area (Å²) in [6.07, 6.45) is -0.482. The van der Waals surface area contributed by atoms with Gasteiger partial charge >= 0.3 is 5.97 Å². The predicted octanol–water partition coefficient (Wildman–Crippen LogP) is 2.16. The van der Waals surface area contributed by atoms with Gasteiger partial charge in [0.15, 0.2) is 17.6 Å². The second kappa shape index (κ2) is 6.67. The van der Waals surface area contributed by atoms with Crippen LogP contribution in [-0.2, 0) is 11.3 Å². The zero-order chi connectivity index (χ0) is 15.4. The lowest BCUT2D eigenvalue weighted by molar-refractivity contribution is -0.145. The molecule has 0 spiro atoms. The van der Waals surface area contributed by atoms with Crippen molar-refractivity contribution in [3.8, 4) is 17.2 Å². The molecule has 1 aliphatic heterocycles. The summed E-state index contributed by atoms with van der Waals surface area (Å²) < 4.78 is 16.3. The van der Waals surface area contributed by atoms with Crippen molar-refractivity contribution < 1.29 is 24.1 Å². The first kappa shape index (κ1) is 15.4. The molecule has 2 rings (SSSR count). The maximum Gasteiger partial charge on any atom is 0.344 e. The molecule has 0 saturated heterocycles. The van der Waals surface area contributed by atoms with E-state index in [0.29, 0.717) is 36.3 Å². The van der Waals surface area contributed by atoms with Crippen LogP contribution in [0.2, 0.25) is 0 Å². The van der Waals surface area contributed by atoms with Gasteiger partial charge in [-0.25, -0.2) is 4.79 Å². The highest BCUT2D eigenvalue weighted by molar-refractivity contribution is 5.72. The molecule has 0 radical (unpaired) electrons. The van der Waals surface area contributed by atoms with Gasteiger partial charge in [0.05, 0.1) is 0 Å². The van der Waals surface area contributed by atoms with Gasteiger partial charge in [0.1, 0.15) is 5.75 Å². The molecule has 1 atom stereocenters. The molecule has 0 bridgehead atoms. The number of hydrogen-bond donors (Lipinski definition) is 2. The molecular weight excluding hydrogens is 274 g/mol. The Morgan fingerprint density at radius 2 is 2.05 bits per heavy atom. The first-order valence-corrected chi connectivity index (χ1v) is 7.06. The molecule has 6 nitrogen and oxygen atoms in total. The number of carbonyl (C=O) groups is 1. The Hall–Kier alpha value is -1.95. The van der Waals surface area contributed by atoms with Crippen LogP contribution in [0.4, 0.5) is 0 Å². The molecule has 1 aromatic rings. The zero-order valence-corrected chi connectivity index (χ0v) is 12.5. The summed E-state index contributed by atoms with van der Waals surface area (Å²) in [4.78, 5) is 11.1. The number of benzene rings is 1. The topological polar surface area (TPSA) is 77.0 Å². The largest absolute Gasteiger partial charge is 0.479 e. The maximum atomic E-state index is 11.1. The van der Waals surface area contributed by atoms with E-state index < -0.39 is 12.1 Å². The summed E-state index contributed by atoms with van der Waals surface area (Å²) in [6, 6.07) is 3.84. The standard InChI is InChI=1S/C15H21NO5/c1-4-11(15(17)18)21-12-6-14-13(19-8-20-14)5-10(12)7-16-9(2)3/h5-6,9,11,16H,4,7-8H2,1-3H3,(H,17,18). The van der Waals surface area contributed by atoms with E-state index in [1.165, 1.54) is 0 Å². The Kier molecular flexibility index (Phi) is 4.90. The van der Waals surface area contributed by atoms with E-state index in [1.54, 1.807) is 13.0 Å². The van der Waals surface area contributed by atoms with Crippen LogP contribution >= 0.6 is 0 Å². The minimum atomic E-state index is -0.974. The molecule has 0 amide bonds. The van der Waals surface area contributed by atoms with E-state index in [1.807, 2.05) is 19.9 Å². The van der Waals surface area contributed by atoms with Crippen molar-refractivity contribution in [2.24, 2.45) is 0 Å². The van der Waals surface area contributed by atoms with Gasteiger partial charge in [0.2, 0.25) is 6.79 Å². The van der Waals surface area contributed by atoms with Crippen LogP contribution in [0, 0.1) is 0 Å². The van der Waals surface area contributed by atoms with E-state index in [9.17, 15) is 4.79 Å². The first-order chi connectivity index (χ1) is 10.0. The van der Waals surface area contributed by atoms with Gasteiger partial charge in [-0.2, -0.15) is 0 Å². The Bertz CT molecular complexity index is 515. The number of nitrogens with one attached hydrogen (secondary N) is 1. The zero-order valence-electron chi connectivity index (χ0n) is 12.5. The van der Waals surface area contributed by atoms with Gasteiger partial charge in [-0.3, -0.25) is 0 Å². The van der Waals surface area contributed by atoms with Gasteiger partial charge in [0, 0.05) is 24.2 Å². The predicted molar refractivity (Wildman–Crippen MR) is 76.9 cm³/mol. The fraction of sp³-hybridized carbons (Fsp3) is 0.533. The van der Waals surface area contributed by atoms with Gasteiger partial charge in [-0.05, 0) is 12.5 Å². The molecule has 0 saturated carbocycles. The first-order valence-electron chi connectivity index (χ1n) is 7.06. The van der Waals surface area contributed by atoms with Crippen molar-refractivity contribution in [1.29, 1.82) is 0 Å². The Morgan fingerprint density at radius 1 is 1.38 bits per heavy atom. The minimum absolute atomic E-state index is 0.173. The summed E-state index contributed by atoms with van der Waals surface area (Å²) in [7, 11) is 0. The van der Waals surface area contributed by atoms with Crippen molar-refractivity contribution in [3.05, 3.63) is 17.7 Å². The molecule has 1 aromatic carbocycles. The van der Waals surface area contributed by atoms with Crippen LogP contribution in [0.1, 0.15) is 32.8 Å². The van der Waals surface area contributed by atoms with E-state index in [0.717, 1.165) is 5.56 Å². The average Bonchev–Trinajstić information content (AvgIpc) is 2.88.